The van der Waals surface area contributed by atoms with Crippen molar-refractivity contribution in [3.63, 3.8) is 0 Å². The lowest BCUT2D eigenvalue weighted by atomic mass is 10.3. The van der Waals surface area contributed by atoms with Gasteiger partial charge in [0.15, 0.2) is 0 Å². The number of pyridine rings is 1. The van der Waals surface area contributed by atoms with E-state index in [0.717, 1.165) is 6.07 Å². The van der Waals surface area contributed by atoms with Crippen LogP contribution in [-0.2, 0) is 6.54 Å². The van der Waals surface area contributed by atoms with Gasteiger partial charge in [0.1, 0.15) is 6.20 Å². The summed E-state index contributed by atoms with van der Waals surface area (Å²) in [5.74, 6) is -0.923. The number of rotatable bonds is 3. The summed E-state index contributed by atoms with van der Waals surface area (Å²) < 4.78 is 39.3. The Morgan fingerprint density at radius 2 is 2.19 bits per heavy atom. The lowest BCUT2D eigenvalue weighted by Gasteiger charge is -2.09. The van der Waals surface area contributed by atoms with E-state index in [1.807, 2.05) is 0 Å². The Morgan fingerprint density at radius 3 is 2.62 bits per heavy atom. The number of alkyl halides is 3. The molecule has 0 bridgehead atoms. The normalized spacial score (nSPS) is 11.2. The minimum absolute atomic E-state index is 0.0600. The van der Waals surface area contributed by atoms with Crippen LogP contribution in [0.3, 0.4) is 0 Å². The number of nitrogens with two attached hydrogens (primary N) is 1. The summed E-state index contributed by atoms with van der Waals surface area (Å²) in [6.45, 7) is -0.147. The number of hydrogen-bond acceptors (Lipinski definition) is 5. The average Bonchev–Trinajstić information content (AvgIpc) is 2.14. The van der Waals surface area contributed by atoms with Gasteiger partial charge in [-0.2, -0.15) is 0 Å². The molecule has 0 aliphatic rings. The van der Waals surface area contributed by atoms with Crippen LogP contribution in [0.1, 0.15) is 5.69 Å². The molecule has 1 heterocycles. The van der Waals surface area contributed by atoms with Crippen molar-refractivity contribution in [1.29, 1.82) is 0 Å². The molecule has 0 aromatic carbocycles. The molecule has 88 valence electrons. The number of hydrogen-bond donors (Lipinski definition) is 1. The molecular formula is C7H6F3N3O3. The molecule has 0 fully saturated rings. The van der Waals surface area contributed by atoms with E-state index < -0.39 is 22.7 Å². The molecule has 0 spiro atoms. The Bertz CT molecular complexity index is 408. The van der Waals surface area contributed by atoms with Gasteiger partial charge in [-0.15, -0.1) is 13.2 Å². The predicted octanol–water partition coefficient (Wildman–Crippen LogP) is 1.35. The molecule has 1 aromatic heterocycles. The van der Waals surface area contributed by atoms with Crippen molar-refractivity contribution in [3.8, 4) is 5.75 Å². The topological polar surface area (TPSA) is 91.3 Å². The van der Waals surface area contributed by atoms with Gasteiger partial charge >= 0.3 is 12.0 Å². The standard InChI is InChI=1S/C7H6F3N3O3/c8-7(9,10)16-6-1-4(2-11)12-3-5(6)13(14)15/h1,3H,2,11H2. The van der Waals surface area contributed by atoms with Crippen molar-refractivity contribution in [1.82, 2.24) is 4.98 Å². The van der Waals surface area contributed by atoms with Crippen LogP contribution in [0.4, 0.5) is 18.9 Å². The number of ether oxygens (including phenoxy) is 1. The Labute approximate surface area is 87.0 Å². The molecule has 2 N–H and O–H groups in total. The molecule has 0 amide bonds. The van der Waals surface area contributed by atoms with Crippen LogP contribution in [0.15, 0.2) is 12.3 Å². The van der Waals surface area contributed by atoms with E-state index in [9.17, 15) is 23.3 Å². The van der Waals surface area contributed by atoms with Gasteiger partial charge in [0.05, 0.1) is 10.6 Å². The summed E-state index contributed by atoms with van der Waals surface area (Å²) in [7, 11) is 0. The summed E-state index contributed by atoms with van der Waals surface area (Å²) >= 11 is 0. The minimum Gasteiger partial charge on any atom is -0.398 e. The first-order valence-electron chi connectivity index (χ1n) is 3.92. The summed E-state index contributed by atoms with van der Waals surface area (Å²) in [5.41, 5.74) is 4.33. The molecule has 9 heteroatoms. The summed E-state index contributed by atoms with van der Waals surface area (Å²) in [4.78, 5) is 12.9. The number of nitro groups is 1. The van der Waals surface area contributed by atoms with Crippen LogP contribution in [0.25, 0.3) is 0 Å². The van der Waals surface area contributed by atoms with Gasteiger partial charge in [-0.05, 0) is 0 Å². The third-order valence-electron chi connectivity index (χ3n) is 1.53. The highest BCUT2D eigenvalue weighted by Gasteiger charge is 2.34. The highest BCUT2D eigenvalue weighted by molar-refractivity contribution is 5.45. The zero-order valence-corrected chi connectivity index (χ0v) is 7.69. The first kappa shape index (κ1) is 12.2. The number of aromatic nitrogens is 1. The van der Waals surface area contributed by atoms with Crippen LogP contribution in [0.2, 0.25) is 0 Å². The Kier molecular flexibility index (Phi) is 3.28. The smallest absolute Gasteiger partial charge is 0.398 e. The molecule has 0 radical (unpaired) electrons. The largest absolute Gasteiger partial charge is 0.573 e. The molecule has 1 aromatic rings. The van der Waals surface area contributed by atoms with Gasteiger partial charge in [0.25, 0.3) is 0 Å². The van der Waals surface area contributed by atoms with E-state index >= 15 is 0 Å². The quantitative estimate of drug-likeness (QED) is 0.632. The van der Waals surface area contributed by atoms with E-state index in [1.54, 1.807) is 0 Å². The minimum atomic E-state index is -5.00. The molecule has 6 nitrogen and oxygen atoms in total. The van der Waals surface area contributed by atoms with Gasteiger partial charge < -0.3 is 10.5 Å². The van der Waals surface area contributed by atoms with Gasteiger partial charge in [-0.25, -0.2) is 0 Å². The predicted molar refractivity (Wildman–Crippen MR) is 45.5 cm³/mol. The second kappa shape index (κ2) is 4.31. The maximum absolute atomic E-state index is 11.9. The first-order valence-corrected chi connectivity index (χ1v) is 3.92. The summed E-state index contributed by atoms with van der Waals surface area (Å²) in [6.07, 6.45) is -4.33. The second-order valence-electron chi connectivity index (χ2n) is 2.65. The van der Waals surface area contributed by atoms with E-state index in [-0.39, 0.29) is 12.2 Å². The molecule has 0 saturated heterocycles. The Hall–Kier alpha value is -1.90. The maximum Gasteiger partial charge on any atom is 0.573 e. The Morgan fingerprint density at radius 1 is 1.56 bits per heavy atom. The van der Waals surface area contributed by atoms with Crippen molar-refractivity contribution < 1.29 is 22.8 Å². The molecule has 16 heavy (non-hydrogen) atoms. The highest BCUT2D eigenvalue weighted by Crippen LogP contribution is 2.31. The third-order valence-corrected chi connectivity index (χ3v) is 1.53. The molecule has 0 unspecified atom stereocenters. The fourth-order valence-electron chi connectivity index (χ4n) is 0.925. The van der Waals surface area contributed by atoms with Crippen molar-refractivity contribution in [3.05, 3.63) is 28.1 Å². The van der Waals surface area contributed by atoms with Gasteiger partial charge in [-0.1, -0.05) is 0 Å². The van der Waals surface area contributed by atoms with Crippen molar-refractivity contribution in [2.75, 3.05) is 0 Å². The number of nitrogens with zero attached hydrogens (tertiary/aromatic N) is 2. The van der Waals surface area contributed by atoms with Crippen LogP contribution in [0.5, 0.6) is 5.75 Å². The lowest BCUT2D eigenvalue weighted by molar-refractivity contribution is -0.389. The van der Waals surface area contributed by atoms with Crippen LogP contribution >= 0.6 is 0 Å². The zero-order valence-electron chi connectivity index (χ0n) is 7.69. The van der Waals surface area contributed by atoms with E-state index in [0.29, 0.717) is 6.20 Å². The van der Waals surface area contributed by atoms with Gasteiger partial charge in [0.2, 0.25) is 5.75 Å². The zero-order chi connectivity index (χ0) is 12.3. The Balaban J connectivity index is 3.15. The van der Waals surface area contributed by atoms with Gasteiger partial charge in [0, 0.05) is 12.6 Å². The average molecular weight is 237 g/mol. The summed E-state index contributed by atoms with van der Waals surface area (Å²) in [6, 6.07) is 0.783. The maximum atomic E-state index is 11.9. The molecule has 0 aliphatic carbocycles. The second-order valence-corrected chi connectivity index (χ2v) is 2.65. The highest BCUT2D eigenvalue weighted by atomic mass is 19.4. The molecule has 0 aliphatic heterocycles. The molecule has 0 saturated carbocycles. The van der Waals surface area contributed by atoms with E-state index in [1.165, 1.54) is 0 Å². The SMILES string of the molecule is NCc1cc(OC(F)(F)F)c([N+](=O)[O-])cn1. The van der Waals surface area contributed by atoms with Crippen LogP contribution < -0.4 is 10.5 Å². The monoisotopic (exact) mass is 237 g/mol. The fraction of sp³-hybridized carbons (Fsp3) is 0.286. The molecular weight excluding hydrogens is 231 g/mol. The third kappa shape index (κ3) is 3.05. The summed E-state index contributed by atoms with van der Waals surface area (Å²) in [5, 5.41) is 10.4. The van der Waals surface area contributed by atoms with Crippen molar-refractivity contribution >= 4 is 5.69 Å². The molecule has 1 rings (SSSR count). The van der Waals surface area contributed by atoms with Gasteiger partial charge in [-0.3, -0.25) is 15.1 Å². The number of halogens is 3. The lowest BCUT2D eigenvalue weighted by Crippen LogP contribution is -2.18. The first-order chi connectivity index (χ1) is 7.33. The van der Waals surface area contributed by atoms with Crippen LogP contribution in [0, 0.1) is 10.1 Å². The van der Waals surface area contributed by atoms with E-state index in [4.69, 9.17) is 5.73 Å². The van der Waals surface area contributed by atoms with Crippen molar-refractivity contribution in [2.45, 2.75) is 12.9 Å². The molecule has 0 atom stereocenters. The van der Waals surface area contributed by atoms with Crippen LogP contribution in [-0.4, -0.2) is 16.3 Å². The van der Waals surface area contributed by atoms with E-state index in [2.05, 4.69) is 9.72 Å². The fourth-order valence-corrected chi connectivity index (χ4v) is 0.925. The van der Waals surface area contributed by atoms with Crippen molar-refractivity contribution in [2.24, 2.45) is 5.73 Å².